The summed E-state index contributed by atoms with van der Waals surface area (Å²) in [5.41, 5.74) is -2.56. The van der Waals surface area contributed by atoms with Gasteiger partial charge in [0, 0.05) is 23.9 Å². The Balaban J connectivity index is 1.91. The molecule has 0 saturated carbocycles. The molecule has 0 unspecified atom stereocenters. The van der Waals surface area contributed by atoms with E-state index in [1.165, 1.54) is 18.2 Å². The van der Waals surface area contributed by atoms with Gasteiger partial charge >= 0.3 is 6.18 Å². The molecule has 0 radical (unpaired) electrons. The summed E-state index contributed by atoms with van der Waals surface area (Å²) in [7, 11) is 0. The number of nitrogens with one attached hydrogen (secondary N) is 2. The number of anilines is 1. The lowest BCUT2D eigenvalue weighted by Gasteiger charge is -2.35. The summed E-state index contributed by atoms with van der Waals surface area (Å²) in [6, 6.07) is 4.57. The van der Waals surface area contributed by atoms with Gasteiger partial charge in [-0.2, -0.15) is 13.2 Å². The molecule has 0 bridgehead atoms. The molecule has 172 valence electrons. The topological polar surface area (TPSA) is 63.2 Å². The number of ether oxygens (including phenoxy) is 1. The van der Waals surface area contributed by atoms with Crippen molar-refractivity contribution in [3.8, 4) is 0 Å². The van der Waals surface area contributed by atoms with Crippen molar-refractivity contribution in [2.75, 3.05) is 11.9 Å². The van der Waals surface area contributed by atoms with Crippen LogP contribution in [-0.2, 0) is 16.5 Å². The fourth-order valence-electron chi connectivity index (χ4n) is 3.69. The van der Waals surface area contributed by atoms with E-state index in [1.54, 1.807) is 6.92 Å². The van der Waals surface area contributed by atoms with Crippen LogP contribution in [0.25, 0.3) is 0 Å². The van der Waals surface area contributed by atoms with Crippen LogP contribution in [0.15, 0.2) is 30.5 Å². The number of hydrogen-bond acceptors (Lipinski definition) is 4. The first kappa shape index (κ1) is 24.3. The van der Waals surface area contributed by atoms with E-state index in [4.69, 9.17) is 28.6 Å². The Morgan fingerprint density at radius 2 is 1.97 bits per heavy atom. The molecule has 2 N–H and O–H groups in total. The largest absolute Gasteiger partial charge is 0.417 e. The quantitative estimate of drug-likeness (QED) is 0.442. The average Bonchev–Trinajstić information content (AvgIpc) is 2.77. The first-order valence-corrected chi connectivity index (χ1v) is 10.3. The number of carbonyl (C=O) groups is 1. The van der Waals surface area contributed by atoms with Gasteiger partial charge in [-0.15, -0.1) is 0 Å². The average molecular weight is 490 g/mol. The maximum absolute atomic E-state index is 14.8. The highest BCUT2D eigenvalue weighted by atomic mass is 35.5. The van der Waals surface area contributed by atoms with Crippen LogP contribution in [0.5, 0.6) is 0 Å². The van der Waals surface area contributed by atoms with Crippen molar-refractivity contribution in [1.29, 1.82) is 0 Å². The summed E-state index contributed by atoms with van der Waals surface area (Å²) in [5, 5.41) is 5.17. The Kier molecular flexibility index (Phi) is 6.52. The highest BCUT2D eigenvalue weighted by Crippen LogP contribution is 2.37. The smallest absolute Gasteiger partial charge is 0.368 e. The molecule has 3 rings (SSSR count). The van der Waals surface area contributed by atoms with Gasteiger partial charge in [0.1, 0.15) is 16.5 Å². The molecule has 1 aromatic carbocycles. The van der Waals surface area contributed by atoms with E-state index < -0.39 is 39.6 Å². The summed E-state index contributed by atoms with van der Waals surface area (Å²) in [5.74, 6) is -1.36. The summed E-state index contributed by atoms with van der Waals surface area (Å²) in [4.78, 5) is 16.5. The summed E-state index contributed by atoms with van der Waals surface area (Å²) in [6.07, 6.45) is -3.74. The molecule has 2 heterocycles. The molecule has 0 spiro atoms. The molecule has 1 aliphatic rings. The SMILES string of the molecule is CC1(C)C[C@@](C)(c2cc(NC(=O)c3ncc(C(F)(F)F)cc3Cl)ccc2F)NC(=S)CO1. The van der Waals surface area contributed by atoms with E-state index in [-0.39, 0.29) is 23.6 Å². The normalized spacial score (nSPS) is 20.9. The third kappa shape index (κ3) is 5.36. The van der Waals surface area contributed by atoms with Crippen LogP contribution in [0.3, 0.4) is 0 Å². The maximum Gasteiger partial charge on any atom is 0.417 e. The van der Waals surface area contributed by atoms with Crippen LogP contribution >= 0.6 is 23.8 Å². The standard InChI is InChI=1S/C21H20ClF4N3O2S/c1-19(2)10-20(3,29-16(32)9-31-19)13-7-12(4-5-15(13)23)28-18(30)17-14(22)6-11(8-27-17)21(24,25)26/h4-8H,9-10H2,1-3H3,(H,28,30)(H,29,32)/t20-/m0/s1. The first-order chi connectivity index (χ1) is 14.7. The van der Waals surface area contributed by atoms with Crippen molar-refractivity contribution in [3.63, 3.8) is 0 Å². The van der Waals surface area contributed by atoms with Crippen molar-refractivity contribution >= 4 is 40.4 Å². The lowest BCUT2D eigenvalue weighted by Crippen LogP contribution is -2.45. The number of hydrogen-bond donors (Lipinski definition) is 2. The molecule has 5 nitrogen and oxygen atoms in total. The van der Waals surface area contributed by atoms with Gasteiger partial charge in [-0.25, -0.2) is 9.37 Å². The molecule has 1 saturated heterocycles. The van der Waals surface area contributed by atoms with Gasteiger partial charge in [0.25, 0.3) is 5.91 Å². The number of halogens is 5. The molecule has 1 amide bonds. The summed E-state index contributed by atoms with van der Waals surface area (Å²) in [6.45, 7) is 5.69. The number of alkyl halides is 3. The summed E-state index contributed by atoms with van der Waals surface area (Å²) >= 11 is 11.1. The van der Waals surface area contributed by atoms with Crippen molar-refractivity contribution in [2.24, 2.45) is 0 Å². The van der Waals surface area contributed by atoms with Gasteiger partial charge < -0.3 is 15.4 Å². The van der Waals surface area contributed by atoms with Crippen LogP contribution in [-0.4, -0.2) is 28.1 Å². The van der Waals surface area contributed by atoms with Crippen molar-refractivity contribution in [3.05, 3.63) is 58.1 Å². The van der Waals surface area contributed by atoms with Crippen LogP contribution in [0, 0.1) is 5.82 Å². The highest BCUT2D eigenvalue weighted by Gasteiger charge is 2.40. The third-order valence-corrected chi connectivity index (χ3v) is 5.50. The molecule has 1 fully saturated rings. The molecule has 1 aromatic heterocycles. The maximum atomic E-state index is 14.8. The number of rotatable bonds is 3. The van der Waals surface area contributed by atoms with Crippen LogP contribution in [0.1, 0.15) is 48.8 Å². The van der Waals surface area contributed by atoms with Crippen LogP contribution in [0.2, 0.25) is 5.02 Å². The Hall–Kier alpha value is -2.30. The monoisotopic (exact) mass is 489 g/mol. The predicted molar refractivity (Wildman–Crippen MR) is 116 cm³/mol. The van der Waals surface area contributed by atoms with E-state index >= 15 is 0 Å². The van der Waals surface area contributed by atoms with Gasteiger partial charge in [0.15, 0.2) is 0 Å². The number of aromatic nitrogens is 1. The van der Waals surface area contributed by atoms with Crippen molar-refractivity contribution < 1.29 is 27.1 Å². The zero-order valence-electron chi connectivity index (χ0n) is 17.4. The van der Waals surface area contributed by atoms with Gasteiger partial charge in [0.2, 0.25) is 0 Å². The van der Waals surface area contributed by atoms with E-state index in [9.17, 15) is 22.4 Å². The van der Waals surface area contributed by atoms with E-state index in [0.717, 1.165) is 0 Å². The zero-order valence-corrected chi connectivity index (χ0v) is 18.9. The molecule has 1 aliphatic heterocycles. The molecule has 11 heteroatoms. The second-order valence-corrected chi connectivity index (χ2v) is 9.21. The minimum Gasteiger partial charge on any atom is -0.368 e. The summed E-state index contributed by atoms with van der Waals surface area (Å²) < 4.78 is 59.0. The van der Waals surface area contributed by atoms with Gasteiger partial charge in [-0.1, -0.05) is 23.8 Å². The second kappa shape index (κ2) is 8.57. The lowest BCUT2D eigenvalue weighted by molar-refractivity contribution is -0.137. The molecule has 0 aliphatic carbocycles. The fraction of sp³-hybridized carbons (Fsp3) is 0.381. The minimum atomic E-state index is -4.64. The molecule has 1 atom stereocenters. The first-order valence-electron chi connectivity index (χ1n) is 9.49. The zero-order chi connectivity index (χ0) is 23.9. The number of nitrogens with zero attached hydrogens (tertiary/aromatic N) is 1. The molecule has 32 heavy (non-hydrogen) atoms. The Bertz CT molecular complexity index is 1080. The molecular formula is C21H20ClF4N3O2S. The number of benzene rings is 1. The third-order valence-electron chi connectivity index (χ3n) is 4.99. The predicted octanol–water partition coefficient (Wildman–Crippen LogP) is 5.48. The van der Waals surface area contributed by atoms with Crippen LogP contribution in [0.4, 0.5) is 23.2 Å². The Morgan fingerprint density at radius 3 is 2.59 bits per heavy atom. The fourth-order valence-corrected chi connectivity index (χ4v) is 4.23. The molecular weight excluding hydrogens is 470 g/mol. The highest BCUT2D eigenvalue weighted by molar-refractivity contribution is 7.80. The number of thiocarbonyl (C=S) groups is 1. The van der Waals surface area contributed by atoms with E-state index in [2.05, 4.69) is 15.6 Å². The van der Waals surface area contributed by atoms with Crippen molar-refractivity contribution in [2.45, 2.75) is 44.5 Å². The van der Waals surface area contributed by atoms with Crippen LogP contribution < -0.4 is 10.6 Å². The van der Waals surface area contributed by atoms with Crippen molar-refractivity contribution in [1.82, 2.24) is 10.3 Å². The van der Waals surface area contributed by atoms with Gasteiger partial charge in [0.05, 0.1) is 28.3 Å². The lowest BCUT2D eigenvalue weighted by atomic mass is 9.81. The van der Waals surface area contributed by atoms with Gasteiger partial charge in [-0.05, 0) is 45.0 Å². The molecule has 2 aromatic rings. The number of carbonyl (C=O) groups excluding carboxylic acids is 1. The van der Waals surface area contributed by atoms with Gasteiger partial charge in [-0.3, -0.25) is 4.79 Å². The minimum absolute atomic E-state index is 0.189. The number of amides is 1. The Morgan fingerprint density at radius 1 is 1.28 bits per heavy atom. The second-order valence-electron chi connectivity index (χ2n) is 8.31. The van der Waals surface area contributed by atoms with E-state index in [1.807, 2.05) is 13.8 Å². The van der Waals surface area contributed by atoms with E-state index in [0.29, 0.717) is 23.7 Å². The number of pyridine rings is 1. The Labute approximate surface area is 192 Å².